The topological polar surface area (TPSA) is 55.8 Å². The largest absolute Gasteiger partial charge is 0.504 e. The Morgan fingerprint density at radius 1 is 1.37 bits per heavy atom. The number of benzene rings is 1. The molecular formula is C15H20O4. The number of rotatable bonds is 4. The summed E-state index contributed by atoms with van der Waals surface area (Å²) in [4.78, 5) is 11.5. The quantitative estimate of drug-likeness (QED) is 0.670. The summed E-state index contributed by atoms with van der Waals surface area (Å²) in [5.41, 5.74) is 0.250. The second-order valence-electron chi connectivity index (χ2n) is 5.03. The van der Waals surface area contributed by atoms with E-state index in [0.29, 0.717) is 12.4 Å². The molecule has 0 bridgehead atoms. The maximum absolute atomic E-state index is 11.5. The van der Waals surface area contributed by atoms with Crippen LogP contribution in [-0.2, 0) is 9.53 Å². The Labute approximate surface area is 113 Å². The molecule has 0 atom stereocenters. The van der Waals surface area contributed by atoms with Crippen molar-refractivity contribution in [2.24, 2.45) is 0 Å². The molecule has 0 saturated heterocycles. The minimum Gasteiger partial charge on any atom is -0.504 e. The number of ether oxygens (including phenoxy) is 2. The van der Waals surface area contributed by atoms with E-state index in [1.54, 1.807) is 18.2 Å². The van der Waals surface area contributed by atoms with E-state index in [1.165, 1.54) is 12.1 Å². The maximum atomic E-state index is 11.5. The van der Waals surface area contributed by atoms with Crippen LogP contribution in [0.4, 0.5) is 0 Å². The molecule has 0 aliphatic carbocycles. The van der Waals surface area contributed by atoms with Crippen LogP contribution >= 0.6 is 0 Å². The number of aromatic hydroxyl groups is 1. The molecule has 0 unspecified atom stereocenters. The smallest absolute Gasteiger partial charge is 0.331 e. The zero-order valence-electron chi connectivity index (χ0n) is 11.8. The molecule has 4 nitrogen and oxygen atoms in total. The molecule has 1 aromatic carbocycles. The van der Waals surface area contributed by atoms with E-state index < -0.39 is 11.6 Å². The third kappa shape index (κ3) is 5.46. The second kappa shape index (κ2) is 6.27. The maximum Gasteiger partial charge on any atom is 0.331 e. The van der Waals surface area contributed by atoms with Crippen LogP contribution < -0.4 is 4.74 Å². The van der Waals surface area contributed by atoms with Crippen molar-refractivity contribution in [2.45, 2.75) is 33.3 Å². The molecule has 0 aliphatic rings. The Kier molecular flexibility index (Phi) is 4.98. The number of carbonyl (C=O) groups is 1. The van der Waals surface area contributed by atoms with Crippen LogP contribution in [-0.4, -0.2) is 23.3 Å². The molecular weight excluding hydrogens is 244 g/mol. The molecule has 0 aliphatic heterocycles. The summed E-state index contributed by atoms with van der Waals surface area (Å²) in [6, 6.07) is 4.89. The Morgan fingerprint density at radius 2 is 2.05 bits per heavy atom. The van der Waals surface area contributed by atoms with Gasteiger partial charge in [-0.3, -0.25) is 0 Å². The van der Waals surface area contributed by atoms with E-state index in [9.17, 15) is 9.90 Å². The fourth-order valence-electron chi connectivity index (χ4n) is 1.41. The van der Waals surface area contributed by atoms with Gasteiger partial charge >= 0.3 is 5.97 Å². The Balaban J connectivity index is 2.77. The summed E-state index contributed by atoms with van der Waals surface area (Å²) in [5.74, 6) is 0.0728. The summed E-state index contributed by atoms with van der Waals surface area (Å²) in [7, 11) is 0. The van der Waals surface area contributed by atoms with Gasteiger partial charge < -0.3 is 14.6 Å². The summed E-state index contributed by atoms with van der Waals surface area (Å²) in [5, 5.41) is 9.56. The first-order valence-electron chi connectivity index (χ1n) is 6.18. The van der Waals surface area contributed by atoms with Crippen molar-refractivity contribution < 1.29 is 19.4 Å². The van der Waals surface area contributed by atoms with Crippen LogP contribution in [0, 0.1) is 0 Å². The van der Waals surface area contributed by atoms with Gasteiger partial charge in [0, 0.05) is 6.08 Å². The SMILES string of the molecule is CCOc1cc(/C=C/C(=O)OC(C)(C)C)ccc1O. The molecule has 0 amide bonds. The molecule has 4 heteroatoms. The van der Waals surface area contributed by atoms with Crippen LogP contribution in [0.3, 0.4) is 0 Å². The van der Waals surface area contributed by atoms with E-state index in [-0.39, 0.29) is 5.75 Å². The lowest BCUT2D eigenvalue weighted by Crippen LogP contribution is -2.22. The van der Waals surface area contributed by atoms with Gasteiger partial charge in [-0.05, 0) is 51.5 Å². The fourth-order valence-corrected chi connectivity index (χ4v) is 1.41. The lowest BCUT2D eigenvalue weighted by Gasteiger charge is -2.17. The molecule has 0 saturated carbocycles. The summed E-state index contributed by atoms with van der Waals surface area (Å²) >= 11 is 0. The normalized spacial score (nSPS) is 11.6. The van der Waals surface area contributed by atoms with E-state index in [2.05, 4.69) is 0 Å². The predicted molar refractivity (Wildman–Crippen MR) is 74.2 cm³/mol. The number of hydrogen-bond donors (Lipinski definition) is 1. The Morgan fingerprint density at radius 3 is 2.63 bits per heavy atom. The summed E-state index contributed by atoms with van der Waals surface area (Å²) in [6.07, 6.45) is 2.98. The van der Waals surface area contributed by atoms with E-state index in [1.807, 2.05) is 27.7 Å². The first kappa shape index (κ1) is 15.1. The van der Waals surface area contributed by atoms with Gasteiger partial charge in [-0.1, -0.05) is 6.07 Å². The minimum atomic E-state index is -0.507. The van der Waals surface area contributed by atoms with Gasteiger partial charge in [0.2, 0.25) is 0 Å². The van der Waals surface area contributed by atoms with Crippen LogP contribution in [0.15, 0.2) is 24.3 Å². The van der Waals surface area contributed by atoms with Crippen molar-refractivity contribution >= 4 is 12.0 Å². The zero-order valence-corrected chi connectivity index (χ0v) is 11.8. The van der Waals surface area contributed by atoms with Crippen molar-refractivity contribution in [3.63, 3.8) is 0 Å². The van der Waals surface area contributed by atoms with Crippen molar-refractivity contribution in [1.82, 2.24) is 0 Å². The number of phenols is 1. The number of phenolic OH excluding ortho intramolecular Hbond substituents is 1. The molecule has 0 aromatic heterocycles. The molecule has 104 valence electrons. The monoisotopic (exact) mass is 264 g/mol. The van der Waals surface area contributed by atoms with E-state index in [4.69, 9.17) is 9.47 Å². The highest BCUT2D eigenvalue weighted by atomic mass is 16.6. The van der Waals surface area contributed by atoms with Gasteiger partial charge in [0.1, 0.15) is 5.60 Å². The second-order valence-corrected chi connectivity index (χ2v) is 5.03. The Bertz CT molecular complexity index is 470. The van der Waals surface area contributed by atoms with Gasteiger partial charge in [-0.25, -0.2) is 4.79 Å². The van der Waals surface area contributed by atoms with Crippen LogP contribution in [0.25, 0.3) is 6.08 Å². The molecule has 1 N–H and O–H groups in total. The van der Waals surface area contributed by atoms with Crippen LogP contribution in [0.1, 0.15) is 33.3 Å². The van der Waals surface area contributed by atoms with Crippen LogP contribution in [0.5, 0.6) is 11.5 Å². The number of esters is 1. The number of carbonyl (C=O) groups excluding carboxylic acids is 1. The van der Waals surface area contributed by atoms with Gasteiger partial charge in [-0.2, -0.15) is 0 Å². The third-order valence-corrected chi connectivity index (χ3v) is 2.10. The molecule has 0 heterocycles. The van der Waals surface area contributed by atoms with E-state index in [0.717, 1.165) is 5.56 Å². The third-order valence-electron chi connectivity index (χ3n) is 2.10. The molecule has 0 spiro atoms. The van der Waals surface area contributed by atoms with E-state index >= 15 is 0 Å². The highest BCUT2D eigenvalue weighted by molar-refractivity contribution is 5.87. The highest BCUT2D eigenvalue weighted by Crippen LogP contribution is 2.27. The average molecular weight is 264 g/mol. The van der Waals surface area contributed by atoms with Crippen molar-refractivity contribution in [3.05, 3.63) is 29.8 Å². The molecule has 0 radical (unpaired) electrons. The molecule has 19 heavy (non-hydrogen) atoms. The van der Waals surface area contributed by atoms with Crippen molar-refractivity contribution in [2.75, 3.05) is 6.61 Å². The highest BCUT2D eigenvalue weighted by Gasteiger charge is 2.13. The molecule has 1 rings (SSSR count). The lowest BCUT2D eigenvalue weighted by molar-refractivity contribution is -0.148. The Hall–Kier alpha value is -1.97. The standard InChI is InChI=1S/C15H20O4/c1-5-18-13-10-11(6-8-12(13)16)7-9-14(17)19-15(2,3)4/h6-10,16H,5H2,1-4H3/b9-7+. The predicted octanol–water partition coefficient (Wildman–Crippen LogP) is 3.15. The first-order valence-corrected chi connectivity index (χ1v) is 6.18. The fraction of sp³-hybridized carbons (Fsp3) is 0.400. The van der Waals surface area contributed by atoms with Gasteiger partial charge in [0.15, 0.2) is 11.5 Å². The van der Waals surface area contributed by atoms with Crippen molar-refractivity contribution in [3.8, 4) is 11.5 Å². The number of hydrogen-bond acceptors (Lipinski definition) is 4. The first-order chi connectivity index (χ1) is 8.81. The summed E-state index contributed by atoms with van der Waals surface area (Å²) in [6.45, 7) is 7.74. The van der Waals surface area contributed by atoms with Gasteiger partial charge in [-0.15, -0.1) is 0 Å². The van der Waals surface area contributed by atoms with Crippen LogP contribution in [0.2, 0.25) is 0 Å². The van der Waals surface area contributed by atoms with Gasteiger partial charge in [0.05, 0.1) is 6.61 Å². The molecule has 0 fully saturated rings. The zero-order chi connectivity index (χ0) is 14.5. The average Bonchev–Trinajstić information content (AvgIpc) is 2.28. The minimum absolute atomic E-state index is 0.0799. The molecule has 1 aromatic rings. The summed E-state index contributed by atoms with van der Waals surface area (Å²) < 4.78 is 10.4. The van der Waals surface area contributed by atoms with Crippen molar-refractivity contribution in [1.29, 1.82) is 0 Å². The van der Waals surface area contributed by atoms with Gasteiger partial charge in [0.25, 0.3) is 0 Å². The lowest BCUT2D eigenvalue weighted by atomic mass is 10.2.